The molecule has 1 saturated heterocycles. The van der Waals surface area contributed by atoms with Crippen LogP contribution in [0.3, 0.4) is 0 Å². The predicted molar refractivity (Wildman–Crippen MR) is 98.9 cm³/mol. The molecular formula is C19H25N3O2S. The Labute approximate surface area is 150 Å². The summed E-state index contributed by atoms with van der Waals surface area (Å²) in [5, 5.41) is 3.29. The second kappa shape index (κ2) is 7.64. The van der Waals surface area contributed by atoms with E-state index in [2.05, 4.69) is 24.1 Å². The Kier molecular flexibility index (Phi) is 5.51. The Hall–Kier alpha value is -1.76. The van der Waals surface area contributed by atoms with Gasteiger partial charge >= 0.3 is 0 Å². The molecule has 0 bridgehead atoms. The molecule has 1 aromatic heterocycles. The highest BCUT2D eigenvalue weighted by molar-refractivity contribution is 7.89. The van der Waals surface area contributed by atoms with Gasteiger partial charge in [0.15, 0.2) is 0 Å². The second-order valence-electron chi connectivity index (χ2n) is 6.26. The maximum atomic E-state index is 13.3. The molecule has 0 amide bonds. The van der Waals surface area contributed by atoms with Crippen LogP contribution >= 0.6 is 0 Å². The quantitative estimate of drug-likeness (QED) is 0.891. The van der Waals surface area contributed by atoms with Crippen molar-refractivity contribution in [2.45, 2.75) is 37.6 Å². The monoisotopic (exact) mass is 359 g/mol. The maximum Gasteiger partial charge on any atom is 0.243 e. The molecule has 25 heavy (non-hydrogen) atoms. The van der Waals surface area contributed by atoms with Crippen molar-refractivity contribution in [2.75, 3.05) is 19.6 Å². The van der Waals surface area contributed by atoms with E-state index in [1.807, 2.05) is 24.3 Å². The molecule has 0 saturated carbocycles. The highest BCUT2D eigenvalue weighted by Gasteiger charge is 2.34. The minimum absolute atomic E-state index is 0.233. The molecule has 1 aliphatic rings. The lowest BCUT2D eigenvalue weighted by atomic mass is 10.0. The fourth-order valence-electron chi connectivity index (χ4n) is 3.40. The summed E-state index contributed by atoms with van der Waals surface area (Å²) in [5.41, 5.74) is 3.24. The first kappa shape index (κ1) is 18.0. The van der Waals surface area contributed by atoms with Crippen LogP contribution in [0, 0.1) is 0 Å². The van der Waals surface area contributed by atoms with Gasteiger partial charge in [0.2, 0.25) is 10.0 Å². The van der Waals surface area contributed by atoms with Crippen LogP contribution in [0.5, 0.6) is 0 Å². The van der Waals surface area contributed by atoms with E-state index in [1.165, 1.54) is 5.56 Å². The highest BCUT2D eigenvalue weighted by atomic mass is 32.2. The van der Waals surface area contributed by atoms with Crippen LogP contribution in [0.4, 0.5) is 0 Å². The molecule has 1 unspecified atom stereocenters. The van der Waals surface area contributed by atoms with Gasteiger partial charge in [-0.3, -0.25) is 4.98 Å². The van der Waals surface area contributed by atoms with Crippen LogP contribution in [-0.4, -0.2) is 37.3 Å². The number of nitrogens with one attached hydrogen (secondary N) is 1. The third-order valence-corrected chi connectivity index (χ3v) is 6.71. The summed E-state index contributed by atoms with van der Waals surface area (Å²) in [6.07, 6.45) is 5.20. The highest BCUT2D eigenvalue weighted by Crippen LogP contribution is 2.29. The molecule has 2 aromatic rings. The van der Waals surface area contributed by atoms with Crippen molar-refractivity contribution in [2.24, 2.45) is 0 Å². The number of aromatic nitrogens is 1. The zero-order chi connectivity index (χ0) is 17.9. The zero-order valence-electron chi connectivity index (χ0n) is 14.8. The van der Waals surface area contributed by atoms with Crippen molar-refractivity contribution >= 4 is 10.0 Å². The topological polar surface area (TPSA) is 62.3 Å². The van der Waals surface area contributed by atoms with E-state index < -0.39 is 10.0 Å². The SMILES string of the molecule is CCc1ccc(S(=O)(=O)N2CCNCC2c2cccnc2)cc1CC. The maximum absolute atomic E-state index is 13.3. The van der Waals surface area contributed by atoms with Crippen molar-refractivity contribution in [3.8, 4) is 0 Å². The van der Waals surface area contributed by atoms with E-state index in [1.54, 1.807) is 22.8 Å². The molecule has 1 fully saturated rings. The van der Waals surface area contributed by atoms with Crippen LogP contribution in [0.15, 0.2) is 47.6 Å². The van der Waals surface area contributed by atoms with Gasteiger partial charge in [-0.2, -0.15) is 4.31 Å². The molecule has 134 valence electrons. The molecule has 0 aliphatic carbocycles. The lowest BCUT2D eigenvalue weighted by Crippen LogP contribution is -2.48. The molecule has 1 N–H and O–H groups in total. The first-order chi connectivity index (χ1) is 12.1. The Balaban J connectivity index is 2.00. The molecule has 1 aromatic carbocycles. The van der Waals surface area contributed by atoms with Gasteiger partial charge in [-0.15, -0.1) is 0 Å². The van der Waals surface area contributed by atoms with Gasteiger partial charge < -0.3 is 5.32 Å². The Bertz CT molecular complexity index is 822. The van der Waals surface area contributed by atoms with E-state index in [9.17, 15) is 8.42 Å². The molecule has 0 radical (unpaired) electrons. The third-order valence-electron chi connectivity index (χ3n) is 4.81. The molecule has 5 nitrogen and oxygen atoms in total. The van der Waals surface area contributed by atoms with Crippen LogP contribution in [0.2, 0.25) is 0 Å². The minimum Gasteiger partial charge on any atom is -0.313 e. The van der Waals surface area contributed by atoms with Gasteiger partial charge in [-0.05, 0) is 47.7 Å². The smallest absolute Gasteiger partial charge is 0.243 e. The van der Waals surface area contributed by atoms with E-state index in [-0.39, 0.29) is 6.04 Å². The minimum atomic E-state index is -3.55. The third kappa shape index (κ3) is 3.61. The number of aryl methyl sites for hydroxylation is 2. The van der Waals surface area contributed by atoms with Crippen LogP contribution in [0.1, 0.15) is 36.6 Å². The Morgan fingerprint density at radius 2 is 2.00 bits per heavy atom. The Morgan fingerprint density at radius 1 is 1.20 bits per heavy atom. The average molecular weight is 359 g/mol. The summed E-state index contributed by atoms with van der Waals surface area (Å²) in [4.78, 5) is 4.54. The van der Waals surface area contributed by atoms with Gasteiger partial charge in [-0.1, -0.05) is 26.0 Å². The first-order valence-electron chi connectivity index (χ1n) is 8.82. The largest absolute Gasteiger partial charge is 0.313 e. The van der Waals surface area contributed by atoms with E-state index in [0.29, 0.717) is 24.5 Å². The lowest BCUT2D eigenvalue weighted by molar-refractivity contribution is 0.271. The number of benzene rings is 1. The number of rotatable bonds is 5. The zero-order valence-corrected chi connectivity index (χ0v) is 15.6. The standard InChI is InChI=1S/C19H25N3O2S/c1-3-15-7-8-18(12-16(15)4-2)25(23,24)22-11-10-21-14-19(22)17-6-5-9-20-13-17/h5-9,12-13,19,21H,3-4,10-11,14H2,1-2H3. The Morgan fingerprint density at radius 3 is 2.68 bits per heavy atom. The molecular weight excluding hydrogens is 334 g/mol. The van der Waals surface area contributed by atoms with Gasteiger partial charge in [0, 0.05) is 32.0 Å². The summed E-state index contributed by atoms with van der Waals surface area (Å²) in [5.74, 6) is 0. The molecule has 0 spiro atoms. The summed E-state index contributed by atoms with van der Waals surface area (Å²) in [6, 6.07) is 9.09. The number of hydrogen-bond donors (Lipinski definition) is 1. The van der Waals surface area contributed by atoms with E-state index in [4.69, 9.17) is 0 Å². The van der Waals surface area contributed by atoms with Crippen molar-refractivity contribution in [3.63, 3.8) is 0 Å². The van der Waals surface area contributed by atoms with E-state index >= 15 is 0 Å². The first-order valence-corrected chi connectivity index (χ1v) is 10.3. The summed E-state index contributed by atoms with van der Waals surface area (Å²) in [6.45, 7) is 5.87. The van der Waals surface area contributed by atoms with Crippen molar-refractivity contribution in [3.05, 3.63) is 59.4 Å². The molecule has 2 heterocycles. The van der Waals surface area contributed by atoms with Gasteiger partial charge in [-0.25, -0.2) is 8.42 Å². The average Bonchev–Trinajstić information content (AvgIpc) is 2.68. The van der Waals surface area contributed by atoms with Crippen molar-refractivity contribution in [1.82, 2.24) is 14.6 Å². The predicted octanol–water partition coefficient (Wildman–Crippen LogP) is 2.54. The fourth-order valence-corrected chi connectivity index (χ4v) is 5.07. The number of pyridine rings is 1. The van der Waals surface area contributed by atoms with Crippen molar-refractivity contribution in [1.29, 1.82) is 0 Å². The number of piperazine rings is 1. The molecule has 1 aliphatic heterocycles. The van der Waals surface area contributed by atoms with Crippen molar-refractivity contribution < 1.29 is 8.42 Å². The number of sulfonamides is 1. The lowest BCUT2D eigenvalue weighted by Gasteiger charge is -2.35. The normalized spacial score (nSPS) is 19.0. The van der Waals surface area contributed by atoms with Crippen LogP contribution in [-0.2, 0) is 22.9 Å². The van der Waals surface area contributed by atoms with Crippen LogP contribution < -0.4 is 5.32 Å². The van der Waals surface area contributed by atoms with Gasteiger partial charge in [0.1, 0.15) is 0 Å². The second-order valence-corrected chi connectivity index (χ2v) is 8.15. The number of hydrogen-bond acceptors (Lipinski definition) is 4. The van der Waals surface area contributed by atoms with E-state index in [0.717, 1.165) is 24.0 Å². The van der Waals surface area contributed by atoms with Gasteiger partial charge in [0.25, 0.3) is 0 Å². The van der Waals surface area contributed by atoms with Crippen LogP contribution in [0.25, 0.3) is 0 Å². The summed E-state index contributed by atoms with van der Waals surface area (Å²) < 4.78 is 28.2. The summed E-state index contributed by atoms with van der Waals surface area (Å²) in [7, 11) is -3.55. The van der Waals surface area contributed by atoms with Gasteiger partial charge in [0.05, 0.1) is 10.9 Å². The summed E-state index contributed by atoms with van der Waals surface area (Å²) >= 11 is 0. The fraction of sp³-hybridized carbons (Fsp3) is 0.421. The molecule has 1 atom stereocenters. The molecule has 3 rings (SSSR count). The molecule has 6 heteroatoms. The number of nitrogens with zero attached hydrogens (tertiary/aromatic N) is 2.